The highest BCUT2D eigenvalue weighted by Gasteiger charge is 2.41. The normalized spacial score (nSPS) is 20.5. The quantitative estimate of drug-likeness (QED) is 0.565. The number of rotatable bonds is 10. The maximum atomic E-state index is 12.3. The minimum atomic E-state index is -0.887. The molecule has 8 nitrogen and oxygen atoms in total. The van der Waals surface area contributed by atoms with Gasteiger partial charge in [0.1, 0.15) is 0 Å². The number of ether oxygens (including phenoxy) is 2. The summed E-state index contributed by atoms with van der Waals surface area (Å²) in [7, 11) is 1.27. The zero-order chi connectivity index (χ0) is 20.6. The zero-order valence-corrected chi connectivity index (χ0v) is 16.5. The Kier molecular flexibility index (Phi) is 7.95. The van der Waals surface area contributed by atoms with Gasteiger partial charge in [-0.05, 0) is 31.9 Å². The molecule has 2 atom stereocenters. The van der Waals surface area contributed by atoms with Crippen LogP contribution in [0.3, 0.4) is 0 Å². The van der Waals surface area contributed by atoms with Crippen molar-refractivity contribution in [3.63, 3.8) is 0 Å². The Morgan fingerprint density at radius 2 is 2.00 bits per heavy atom. The topological polar surface area (TPSA) is 111 Å². The van der Waals surface area contributed by atoms with Gasteiger partial charge in [-0.15, -0.1) is 0 Å². The van der Waals surface area contributed by atoms with Gasteiger partial charge in [0.2, 0.25) is 11.8 Å². The van der Waals surface area contributed by atoms with Gasteiger partial charge in [-0.25, -0.2) is 4.79 Å². The second-order valence-corrected chi connectivity index (χ2v) is 7.12. The van der Waals surface area contributed by atoms with Crippen LogP contribution in [0.15, 0.2) is 30.3 Å². The van der Waals surface area contributed by atoms with E-state index in [4.69, 9.17) is 15.2 Å². The van der Waals surface area contributed by atoms with Gasteiger partial charge in [-0.3, -0.25) is 14.5 Å². The Bertz CT molecular complexity index is 682. The van der Waals surface area contributed by atoms with Gasteiger partial charge >= 0.3 is 5.97 Å². The molecule has 1 aliphatic heterocycles. The summed E-state index contributed by atoms with van der Waals surface area (Å²) < 4.78 is 10.3. The molecule has 0 radical (unpaired) electrons. The van der Waals surface area contributed by atoms with Crippen LogP contribution in [-0.4, -0.2) is 61.1 Å². The zero-order valence-electron chi connectivity index (χ0n) is 16.5. The molecule has 0 saturated carbocycles. The summed E-state index contributed by atoms with van der Waals surface area (Å²) in [5.74, 6) is -1.26. The molecule has 154 valence electrons. The highest BCUT2D eigenvalue weighted by atomic mass is 16.5. The van der Waals surface area contributed by atoms with Crippen molar-refractivity contribution in [3.8, 4) is 0 Å². The number of methoxy groups -OCH3 is 1. The molecule has 1 fully saturated rings. The number of nitrogens with zero attached hydrogens (tertiary/aromatic N) is 1. The van der Waals surface area contributed by atoms with Crippen molar-refractivity contribution in [2.24, 2.45) is 5.73 Å². The molecule has 1 aromatic carbocycles. The number of nitrogens with two attached hydrogens (primary N) is 1. The van der Waals surface area contributed by atoms with Crippen LogP contribution >= 0.6 is 0 Å². The molecule has 8 heteroatoms. The number of amides is 2. The van der Waals surface area contributed by atoms with Crippen molar-refractivity contribution in [3.05, 3.63) is 35.9 Å². The lowest BCUT2D eigenvalue weighted by Crippen LogP contribution is -2.52. The van der Waals surface area contributed by atoms with Crippen molar-refractivity contribution < 1.29 is 23.9 Å². The largest absolute Gasteiger partial charge is 0.467 e. The molecule has 2 rings (SSSR count). The van der Waals surface area contributed by atoms with Crippen molar-refractivity contribution in [1.29, 1.82) is 0 Å². The van der Waals surface area contributed by atoms with E-state index in [2.05, 4.69) is 5.32 Å². The number of esters is 1. The highest BCUT2D eigenvalue weighted by molar-refractivity contribution is 5.85. The van der Waals surface area contributed by atoms with E-state index in [9.17, 15) is 14.4 Å². The number of carbonyl (C=O) groups excluding carboxylic acids is 3. The Labute approximate surface area is 165 Å². The number of hydrogen-bond donors (Lipinski definition) is 2. The van der Waals surface area contributed by atoms with Crippen molar-refractivity contribution in [1.82, 2.24) is 10.2 Å². The molecule has 1 saturated heterocycles. The number of carbonyl (C=O) groups is 3. The summed E-state index contributed by atoms with van der Waals surface area (Å²) in [4.78, 5) is 37.9. The third-order valence-electron chi connectivity index (χ3n) is 5.15. The van der Waals surface area contributed by atoms with Gasteiger partial charge in [0, 0.05) is 13.0 Å². The maximum absolute atomic E-state index is 12.3. The minimum absolute atomic E-state index is 0.00994. The van der Waals surface area contributed by atoms with Gasteiger partial charge in [-0.1, -0.05) is 30.3 Å². The van der Waals surface area contributed by atoms with Crippen LogP contribution in [0.1, 0.15) is 31.7 Å². The van der Waals surface area contributed by atoms with Gasteiger partial charge in [-0.2, -0.15) is 0 Å². The monoisotopic (exact) mass is 391 g/mol. The predicted octanol–water partition coefficient (Wildman–Crippen LogP) is 0.591. The smallest absolute Gasteiger partial charge is 0.330 e. The van der Waals surface area contributed by atoms with E-state index in [0.29, 0.717) is 26.1 Å². The summed E-state index contributed by atoms with van der Waals surface area (Å²) in [5, 5.41) is 2.65. The molecular formula is C20H29N3O5. The fraction of sp³-hybridized carbons (Fsp3) is 0.550. The first kappa shape index (κ1) is 21.8. The highest BCUT2D eigenvalue weighted by Crippen LogP contribution is 2.28. The van der Waals surface area contributed by atoms with Crippen LogP contribution in [0, 0.1) is 0 Å². The van der Waals surface area contributed by atoms with Crippen LogP contribution in [0.5, 0.6) is 0 Å². The van der Waals surface area contributed by atoms with Crippen LogP contribution in [-0.2, 0) is 30.5 Å². The maximum Gasteiger partial charge on any atom is 0.330 e. The van der Waals surface area contributed by atoms with E-state index in [0.717, 1.165) is 12.0 Å². The third-order valence-corrected chi connectivity index (χ3v) is 5.15. The molecule has 0 aromatic heterocycles. The molecule has 0 aliphatic carbocycles. The van der Waals surface area contributed by atoms with Gasteiger partial charge < -0.3 is 20.5 Å². The van der Waals surface area contributed by atoms with Crippen molar-refractivity contribution >= 4 is 17.8 Å². The fourth-order valence-electron chi connectivity index (χ4n) is 3.34. The Hall–Kier alpha value is -2.45. The number of hydrogen-bond acceptors (Lipinski definition) is 6. The minimum Gasteiger partial charge on any atom is -0.467 e. The number of primary amides is 1. The summed E-state index contributed by atoms with van der Waals surface area (Å²) in [6, 6.07) is 8.65. The van der Waals surface area contributed by atoms with E-state index in [-0.39, 0.29) is 24.8 Å². The number of likely N-dealkylation sites (tertiary alicyclic amines) is 1. The van der Waals surface area contributed by atoms with E-state index >= 15 is 0 Å². The van der Waals surface area contributed by atoms with E-state index in [1.807, 2.05) is 35.2 Å². The first-order chi connectivity index (χ1) is 13.4. The average molecular weight is 391 g/mol. The van der Waals surface area contributed by atoms with E-state index in [1.165, 1.54) is 7.11 Å². The Morgan fingerprint density at radius 3 is 2.64 bits per heavy atom. The van der Waals surface area contributed by atoms with Crippen molar-refractivity contribution in [2.45, 2.75) is 44.4 Å². The summed E-state index contributed by atoms with van der Waals surface area (Å²) >= 11 is 0. The lowest BCUT2D eigenvalue weighted by molar-refractivity contribution is -0.147. The Morgan fingerprint density at radius 1 is 1.29 bits per heavy atom. The molecule has 1 aromatic rings. The van der Waals surface area contributed by atoms with Gasteiger partial charge in [0.05, 0.1) is 25.9 Å². The fourth-order valence-corrected chi connectivity index (χ4v) is 3.34. The lowest BCUT2D eigenvalue weighted by Gasteiger charge is -2.32. The summed E-state index contributed by atoms with van der Waals surface area (Å²) in [5.41, 5.74) is 5.76. The van der Waals surface area contributed by atoms with E-state index in [1.54, 1.807) is 6.92 Å². The molecule has 3 N–H and O–H groups in total. The first-order valence-electron chi connectivity index (χ1n) is 9.40. The standard InChI is InChI=1S/C20H29N3O5/c1-20(19(21)26)10-6-11-23(20)12-9-17(24)22-16(18(25)27-2)14-28-13-15-7-4-3-5-8-15/h3-5,7-8,16H,6,9-14H2,1-2H3,(H2,21,26)(H,22,24)/t16?,20-/m0/s1. The van der Waals surface area contributed by atoms with Crippen LogP contribution < -0.4 is 11.1 Å². The SMILES string of the molecule is COC(=O)C(COCc1ccccc1)NC(=O)CCN1CCC[C@@]1(C)C(N)=O. The molecular weight excluding hydrogens is 362 g/mol. The second-order valence-electron chi connectivity index (χ2n) is 7.12. The summed E-state index contributed by atoms with van der Waals surface area (Å²) in [6.07, 6.45) is 1.69. The second kappa shape index (κ2) is 10.2. The first-order valence-corrected chi connectivity index (χ1v) is 9.40. The molecule has 0 spiro atoms. The molecule has 1 aliphatic rings. The van der Waals surface area contributed by atoms with Gasteiger partial charge in [0.25, 0.3) is 0 Å². The third kappa shape index (κ3) is 5.77. The van der Waals surface area contributed by atoms with Crippen LogP contribution in [0.4, 0.5) is 0 Å². The predicted molar refractivity (Wildman–Crippen MR) is 103 cm³/mol. The molecule has 1 unspecified atom stereocenters. The van der Waals surface area contributed by atoms with E-state index < -0.39 is 17.6 Å². The van der Waals surface area contributed by atoms with Gasteiger partial charge in [0.15, 0.2) is 6.04 Å². The lowest BCUT2D eigenvalue weighted by atomic mass is 9.98. The van der Waals surface area contributed by atoms with Crippen LogP contribution in [0.25, 0.3) is 0 Å². The molecule has 0 bridgehead atoms. The molecule has 28 heavy (non-hydrogen) atoms. The molecule has 2 amide bonds. The Balaban J connectivity index is 1.83. The average Bonchev–Trinajstić information content (AvgIpc) is 3.08. The summed E-state index contributed by atoms with van der Waals surface area (Å²) in [6.45, 7) is 3.25. The number of benzene rings is 1. The van der Waals surface area contributed by atoms with Crippen molar-refractivity contribution in [2.75, 3.05) is 26.8 Å². The van der Waals surface area contributed by atoms with Crippen LogP contribution in [0.2, 0.25) is 0 Å². The number of nitrogens with one attached hydrogen (secondary N) is 1. The molecule has 1 heterocycles.